The highest BCUT2D eigenvalue weighted by molar-refractivity contribution is 6.30. The van der Waals surface area contributed by atoms with Gasteiger partial charge in [-0.15, -0.1) is 0 Å². The van der Waals surface area contributed by atoms with Crippen LogP contribution in [0.5, 0.6) is 5.75 Å². The number of hydrogen-bond donors (Lipinski definition) is 1. The first-order chi connectivity index (χ1) is 10.2. The van der Waals surface area contributed by atoms with Gasteiger partial charge in [0.2, 0.25) is 0 Å². The molecule has 0 aliphatic rings. The lowest BCUT2D eigenvalue weighted by atomic mass is 10.1. The number of hydrogen-bond acceptors (Lipinski definition) is 3. The first kappa shape index (κ1) is 13.9. The molecule has 0 fully saturated rings. The molecule has 0 saturated heterocycles. The van der Waals surface area contributed by atoms with E-state index in [9.17, 15) is 0 Å². The third kappa shape index (κ3) is 2.48. The Hall–Kier alpha value is -2.04. The van der Waals surface area contributed by atoms with Crippen LogP contribution in [0.1, 0.15) is 5.69 Å². The van der Waals surface area contributed by atoms with Gasteiger partial charge in [0, 0.05) is 18.2 Å². The van der Waals surface area contributed by atoms with Gasteiger partial charge in [-0.25, -0.2) is 4.98 Å². The number of imidazole rings is 1. The molecule has 0 amide bonds. The SMILES string of the molecule is COc1ccccc1-c1nc2ccc(Cl)cn2c1CCN. The Balaban J connectivity index is 2.28. The summed E-state index contributed by atoms with van der Waals surface area (Å²) in [4.78, 5) is 4.72. The number of ether oxygens (including phenoxy) is 1. The molecule has 108 valence electrons. The van der Waals surface area contributed by atoms with Crippen LogP contribution < -0.4 is 10.5 Å². The van der Waals surface area contributed by atoms with Crippen LogP contribution in [-0.4, -0.2) is 23.0 Å². The minimum Gasteiger partial charge on any atom is -0.496 e. The van der Waals surface area contributed by atoms with Crippen LogP contribution in [0.4, 0.5) is 0 Å². The lowest BCUT2D eigenvalue weighted by molar-refractivity contribution is 0.416. The Morgan fingerprint density at radius 2 is 2.05 bits per heavy atom. The summed E-state index contributed by atoms with van der Waals surface area (Å²) in [6.07, 6.45) is 2.59. The smallest absolute Gasteiger partial charge is 0.137 e. The normalized spacial score (nSPS) is 11.0. The summed E-state index contributed by atoms with van der Waals surface area (Å²) >= 11 is 6.10. The molecule has 0 bridgehead atoms. The van der Waals surface area contributed by atoms with Crippen molar-refractivity contribution in [3.8, 4) is 17.0 Å². The number of benzene rings is 1. The maximum absolute atomic E-state index is 6.10. The first-order valence-electron chi connectivity index (χ1n) is 6.74. The molecule has 0 unspecified atom stereocenters. The highest BCUT2D eigenvalue weighted by atomic mass is 35.5. The van der Waals surface area contributed by atoms with Gasteiger partial charge >= 0.3 is 0 Å². The highest BCUT2D eigenvalue weighted by Crippen LogP contribution is 2.32. The van der Waals surface area contributed by atoms with Crippen molar-refractivity contribution in [3.63, 3.8) is 0 Å². The Labute approximate surface area is 128 Å². The van der Waals surface area contributed by atoms with E-state index in [0.29, 0.717) is 11.6 Å². The topological polar surface area (TPSA) is 52.5 Å². The zero-order valence-electron chi connectivity index (χ0n) is 11.7. The molecule has 1 aromatic carbocycles. The average Bonchev–Trinajstić information content (AvgIpc) is 2.86. The van der Waals surface area contributed by atoms with Gasteiger partial charge in [0.1, 0.15) is 11.4 Å². The fraction of sp³-hybridized carbons (Fsp3) is 0.188. The van der Waals surface area contributed by atoms with Crippen molar-refractivity contribution in [1.82, 2.24) is 9.38 Å². The zero-order chi connectivity index (χ0) is 14.8. The maximum atomic E-state index is 6.10. The van der Waals surface area contributed by atoms with Gasteiger partial charge in [0.25, 0.3) is 0 Å². The van der Waals surface area contributed by atoms with Crippen molar-refractivity contribution in [2.24, 2.45) is 5.73 Å². The van der Waals surface area contributed by atoms with E-state index in [0.717, 1.165) is 34.8 Å². The first-order valence-corrected chi connectivity index (χ1v) is 7.12. The molecule has 4 nitrogen and oxygen atoms in total. The van der Waals surface area contributed by atoms with Crippen LogP contribution in [0, 0.1) is 0 Å². The van der Waals surface area contributed by atoms with Crippen molar-refractivity contribution in [2.75, 3.05) is 13.7 Å². The molecule has 0 aliphatic heterocycles. The molecule has 21 heavy (non-hydrogen) atoms. The number of nitrogens with zero attached hydrogens (tertiary/aromatic N) is 2. The molecule has 0 spiro atoms. The molecule has 3 rings (SSSR count). The van der Waals surface area contributed by atoms with Gasteiger partial charge in [0.05, 0.1) is 23.5 Å². The third-order valence-corrected chi connectivity index (χ3v) is 3.65. The van der Waals surface area contributed by atoms with Crippen LogP contribution in [0.25, 0.3) is 16.9 Å². The van der Waals surface area contributed by atoms with Gasteiger partial charge < -0.3 is 14.9 Å². The predicted molar refractivity (Wildman–Crippen MR) is 84.9 cm³/mol. The summed E-state index contributed by atoms with van der Waals surface area (Å²) in [7, 11) is 1.66. The fourth-order valence-corrected chi connectivity index (χ4v) is 2.66. The van der Waals surface area contributed by atoms with E-state index >= 15 is 0 Å². The van der Waals surface area contributed by atoms with E-state index in [1.807, 2.05) is 47.0 Å². The van der Waals surface area contributed by atoms with Crippen LogP contribution in [-0.2, 0) is 6.42 Å². The van der Waals surface area contributed by atoms with Crippen molar-refractivity contribution in [3.05, 3.63) is 53.3 Å². The molecule has 0 saturated carbocycles. The van der Waals surface area contributed by atoms with Gasteiger partial charge in [0.15, 0.2) is 0 Å². The van der Waals surface area contributed by atoms with Crippen molar-refractivity contribution < 1.29 is 4.74 Å². The van der Waals surface area contributed by atoms with Gasteiger partial charge in [-0.2, -0.15) is 0 Å². The lowest BCUT2D eigenvalue weighted by Gasteiger charge is -2.08. The molecule has 5 heteroatoms. The summed E-state index contributed by atoms with van der Waals surface area (Å²) in [6.45, 7) is 0.544. The molecule has 0 atom stereocenters. The molecule has 2 aromatic heterocycles. The third-order valence-electron chi connectivity index (χ3n) is 3.42. The quantitative estimate of drug-likeness (QED) is 0.805. The standard InChI is InChI=1S/C16H16ClN3O/c1-21-14-5-3-2-4-12(14)16-13(8-9-18)20-10-11(17)6-7-15(20)19-16/h2-7,10H,8-9,18H2,1H3. The molecule has 0 radical (unpaired) electrons. The number of methoxy groups -OCH3 is 1. The molecule has 0 aliphatic carbocycles. The van der Waals surface area contributed by atoms with E-state index in [1.165, 1.54) is 0 Å². The van der Waals surface area contributed by atoms with E-state index in [-0.39, 0.29) is 0 Å². The molecule has 3 aromatic rings. The average molecular weight is 302 g/mol. The second-order valence-corrected chi connectivity index (χ2v) is 5.16. The second kappa shape index (κ2) is 5.76. The van der Waals surface area contributed by atoms with Crippen molar-refractivity contribution in [2.45, 2.75) is 6.42 Å². The van der Waals surface area contributed by atoms with Gasteiger partial charge in [-0.05, 0) is 30.8 Å². The molecular weight excluding hydrogens is 286 g/mol. The number of aromatic nitrogens is 2. The Bertz CT molecular complexity index is 782. The zero-order valence-corrected chi connectivity index (χ0v) is 12.5. The number of rotatable bonds is 4. The highest BCUT2D eigenvalue weighted by Gasteiger charge is 2.16. The summed E-state index contributed by atoms with van der Waals surface area (Å²) in [5.74, 6) is 0.797. The summed E-state index contributed by atoms with van der Waals surface area (Å²) in [6, 6.07) is 11.6. The minimum atomic E-state index is 0.544. The minimum absolute atomic E-state index is 0.544. The van der Waals surface area contributed by atoms with Crippen LogP contribution in [0.3, 0.4) is 0 Å². The van der Waals surface area contributed by atoms with Crippen LogP contribution in [0.2, 0.25) is 5.02 Å². The number of para-hydroxylation sites is 1. The summed E-state index contributed by atoms with van der Waals surface area (Å²) in [5.41, 5.74) is 9.50. The number of nitrogens with two attached hydrogens (primary N) is 1. The monoisotopic (exact) mass is 301 g/mol. The van der Waals surface area contributed by atoms with Crippen molar-refractivity contribution in [1.29, 1.82) is 0 Å². The van der Waals surface area contributed by atoms with Gasteiger partial charge in [-0.1, -0.05) is 23.7 Å². The van der Waals surface area contributed by atoms with E-state index in [1.54, 1.807) is 7.11 Å². The van der Waals surface area contributed by atoms with Crippen LogP contribution >= 0.6 is 11.6 Å². The largest absolute Gasteiger partial charge is 0.496 e. The Kier molecular flexibility index (Phi) is 3.82. The Morgan fingerprint density at radius 1 is 1.24 bits per heavy atom. The van der Waals surface area contributed by atoms with E-state index < -0.39 is 0 Å². The second-order valence-electron chi connectivity index (χ2n) is 4.72. The predicted octanol–water partition coefficient (Wildman–Crippen LogP) is 3.16. The van der Waals surface area contributed by atoms with E-state index in [2.05, 4.69) is 0 Å². The number of halogens is 1. The Morgan fingerprint density at radius 3 is 2.81 bits per heavy atom. The summed E-state index contributed by atoms with van der Waals surface area (Å²) in [5, 5.41) is 0.671. The summed E-state index contributed by atoms with van der Waals surface area (Å²) < 4.78 is 7.44. The van der Waals surface area contributed by atoms with Crippen molar-refractivity contribution >= 4 is 17.2 Å². The maximum Gasteiger partial charge on any atom is 0.137 e. The molecular formula is C16H16ClN3O. The number of fused-ring (bicyclic) bond motifs is 1. The number of pyridine rings is 1. The lowest BCUT2D eigenvalue weighted by Crippen LogP contribution is -2.06. The molecule has 2 N–H and O–H groups in total. The fourth-order valence-electron chi connectivity index (χ4n) is 2.50. The van der Waals surface area contributed by atoms with Crippen LogP contribution in [0.15, 0.2) is 42.6 Å². The molecule has 2 heterocycles. The van der Waals surface area contributed by atoms with Gasteiger partial charge in [-0.3, -0.25) is 0 Å². The van der Waals surface area contributed by atoms with E-state index in [4.69, 9.17) is 27.1 Å².